The second kappa shape index (κ2) is 6.60. The highest BCUT2D eigenvalue weighted by Gasteiger charge is 2.38. The molecule has 0 aromatic carbocycles. The lowest BCUT2D eigenvalue weighted by Crippen LogP contribution is -2.47. The Morgan fingerprint density at radius 2 is 2.05 bits per heavy atom. The fourth-order valence-electron chi connectivity index (χ4n) is 2.11. The minimum atomic E-state index is -0.572. The predicted molar refractivity (Wildman–Crippen MR) is 71.7 cm³/mol. The Labute approximate surface area is 119 Å². The van der Waals surface area contributed by atoms with Crippen LogP contribution in [0, 0.1) is 23.2 Å². The lowest BCUT2D eigenvalue weighted by atomic mass is 9.86. The Balaban J connectivity index is 2.66. The number of carbonyl (C=O) groups excluding carboxylic acids is 2. The number of hydrogen-bond donors (Lipinski definition) is 0. The van der Waals surface area contributed by atoms with Crippen molar-refractivity contribution in [3.05, 3.63) is 0 Å². The normalized spacial score (nSPS) is 22.9. The monoisotopic (exact) mass is 282 g/mol. The summed E-state index contributed by atoms with van der Waals surface area (Å²) in [7, 11) is 0. The minimum absolute atomic E-state index is 0.203. The molecule has 0 bridgehead atoms. The van der Waals surface area contributed by atoms with Crippen LogP contribution in [0.5, 0.6) is 0 Å². The highest BCUT2D eigenvalue weighted by atomic mass is 16.6. The van der Waals surface area contributed by atoms with E-state index in [0.717, 1.165) is 0 Å². The number of ether oxygens (including phenoxy) is 2. The lowest BCUT2D eigenvalue weighted by molar-refractivity contribution is -0.151. The standard InChI is InChI=1S/C14H22N2O4/c1-5-19-12(17)11-6-7-16(9-10(11)8-15)13(18)20-14(2,3)4/h10-11H,5-7,9H2,1-4H3/t10?,11-/m0/s1. The van der Waals surface area contributed by atoms with E-state index in [1.54, 1.807) is 27.7 Å². The summed E-state index contributed by atoms with van der Waals surface area (Å²) in [6.07, 6.45) is -0.0175. The molecule has 6 nitrogen and oxygen atoms in total. The first-order chi connectivity index (χ1) is 9.28. The van der Waals surface area contributed by atoms with Crippen LogP contribution < -0.4 is 0 Å². The molecule has 0 aromatic heterocycles. The van der Waals surface area contributed by atoms with Gasteiger partial charge in [-0.05, 0) is 34.1 Å². The van der Waals surface area contributed by atoms with Gasteiger partial charge in [0.1, 0.15) is 5.60 Å². The first kappa shape index (κ1) is 16.3. The van der Waals surface area contributed by atoms with Crippen LogP contribution in [0.15, 0.2) is 0 Å². The molecule has 6 heteroatoms. The van der Waals surface area contributed by atoms with Gasteiger partial charge in [-0.25, -0.2) is 4.79 Å². The van der Waals surface area contributed by atoms with Crippen molar-refractivity contribution in [2.45, 2.75) is 39.7 Å². The number of nitrogens with zero attached hydrogens (tertiary/aromatic N) is 2. The van der Waals surface area contributed by atoms with Crippen molar-refractivity contribution in [3.63, 3.8) is 0 Å². The minimum Gasteiger partial charge on any atom is -0.466 e. The second-order valence-corrected chi connectivity index (χ2v) is 5.81. The largest absolute Gasteiger partial charge is 0.466 e. The van der Waals surface area contributed by atoms with E-state index in [0.29, 0.717) is 19.6 Å². The molecule has 1 fully saturated rings. The molecule has 0 aliphatic carbocycles. The third kappa shape index (κ3) is 4.41. The van der Waals surface area contributed by atoms with Crippen molar-refractivity contribution in [1.29, 1.82) is 5.26 Å². The molecule has 20 heavy (non-hydrogen) atoms. The van der Waals surface area contributed by atoms with Crippen LogP contribution in [0.3, 0.4) is 0 Å². The van der Waals surface area contributed by atoms with Crippen LogP contribution in [-0.4, -0.2) is 42.3 Å². The van der Waals surface area contributed by atoms with E-state index in [4.69, 9.17) is 9.47 Å². The number of nitriles is 1. The van der Waals surface area contributed by atoms with Gasteiger partial charge >= 0.3 is 12.1 Å². The molecular weight excluding hydrogens is 260 g/mol. The van der Waals surface area contributed by atoms with E-state index in [1.807, 2.05) is 0 Å². The Kier molecular flexibility index (Phi) is 5.37. The molecule has 0 saturated carbocycles. The van der Waals surface area contributed by atoms with Gasteiger partial charge in [-0.3, -0.25) is 4.79 Å². The van der Waals surface area contributed by atoms with Gasteiger partial charge in [0.25, 0.3) is 0 Å². The van der Waals surface area contributed by atoms with Gasteiger partial charge < -0.3 is 14.4 Å². The average molecular weight is 282 g/mol. The summed E-state index contributed by atoms with van der Waals surface area (Å²) in [4.78, 5) is 25.2. The number of rotatable bonds is 2. The molecule has 1 amide bonds. The van der Waals surface area contributed by atoms with Gasteiger partial charge in [0, 0.05) is 13.1 Å². The van der Waals surface area contributed by atoms with E-state index >= 15 is 0 Å². The van der Waals surface area contributed by atoms with E-state index in [1.165, 1.54) is 4.90 Å². The Morgan fingerprint density at radius 3 is 2.55 bits per heavy atom. The molecule has 1 heterocycles. The molecule has 112 valence electrons. The maximum atomic E-state index is 12.0. The molecule has 0 N–H and O–H groups in total. The summed E-state index contributed by atoms with van der Waals surface area (Å²) < 4.78 is 10.2. The van der Waals surface area contributed by atoms with Crippen LogP contribution in [-0.2, 0) is 14.3 Å². The molecule has 2 atom stereocenters. The second-order valence-electron chi connectivity index (χ2n) is 5.81. The summed E-state index contributed by atoms with van der Waals surface area (Å²) >= 11 is 0. The van der Waals surface area contributed by atoms with Crippen LogP contribution >= 0.6 is 0 Å². The van der Waals surface area contributed by atoms with Gasteiger partial charge in [-0.15, -0.1) is 0 Å². The quantitative estimate of drug-likeness (QED) is 0.723. The summed E-state index contributed by atoms with van der Waals surface area (Å²) in [5.41, 5.74) is -0.572. The fourth-order valence-corrected chi connectivity index (χ4v) is 2.11. The van der Waals surface area contributed by atoms with Crippen molar-refractivity contribution in [2.24, 2.45) is 11.8 Å². The number of esters is 1. The Hall–Kier alpha value is -1.77. The van der Waals surface area contributed by atoms with Gasteiger partial charge in [0.05, 0.1) is 24.5 Å². The van der Waals surface area contributed by atoms with Crippen LogP contribution in [0.25, 0.3) is 0 Å². The van der Waals surface area contributed by atoms with Crippen molar-refractivity contribution < 1.29 is 19.1 Å². The number of piperidine rings is 1. The van der Waals surface area contributed by atoms with Gasteiger partial charge in [-0.2, -0.15) is 5.26 Å². The molecule has 1 aliphatic heterocycles. The van der Waals surface area contributed by atoms with Crippen molar-refractivity contribution >= 4 is 12.1 Å². The van der Waals surface area contributed by atoms with Gasteiger partial charge in [-0.1, -0.05) is 0 Å². The maximum Gasteiger partial charge on any atom is 0.410 e. The van der Waals surface area contributed by atoms with Crippen LogP contribution in [0.2, 0.25) is 0 Å². The summed E-state index contributed by atoms with van der Waals surface area (Å²) in [6, 6.07) is 2.09. The van der Waals surface area contributed by atoms with Crippen LogP contribution in [0.1, 0.15) is 34.1 Å². The average Bonchev–Trinajstić information content (AvgIpc) is 2.36. The molecule has 0 aromatic rings. The molecular formula is C14H22N2O4. The van der Waals surface area contributed by atoms with Crippen LogP contribution in [0.4, 0.5) is 4.79 Å². The van der Waals surface area contributed by atoms with E-state index < -0.39 is 23.5 Å². The first-order valence-corrected chi connectivity index (χ1v) is 6.82. The summed E-state index contributed by atoms with van der Waals surface area (Å²) in [5.74, 6) is -1.36. The summed E-state index contributed by atoms with van der Waals surface area (Å²) in [6.45, 7) is 8.00. The lowest BCUT2D eigenvalue weighted by Gasteiger charge is -2.35. The van der Waals surface area contributed by atoms with E-state index in [9.17, 15) is 14.9 Å². The smallest absolute Gasteiger partial charge is 0.410 e. The third-order valence-corrected chi connectivity index (χ3v) is 3.02. The van der Waals surface area contributed by atoms with Crippen molar-refractivity contribution in [1.82, 2.24) is 4.90 Å². The van der Waals surface area contributed by atoms with Crippen molar-refractivity contribution in [3.8, 4) is 6.07 Å². The Morgan fingerprint density at radius 1 is 1.40 bits per heavy atom. The number of amides is 1. The third-order valence-electron chi connectivity index (χ3n) is 3.02. The summed E-state index contributed by atoms with van der Waals surface area (Å²) in [5, 5.41) is 9.17. The number of carbonyl (C=O) groups is 2. The molecule has 0 radical (unpaired) electrons. The number of hydrogen-bond acceptors (Lipinski definition) is 5. The highest BCUT2D eigenvalue weighted by Crippen LogP contribution is 2.25. The zero-order chi connectivity index (χ0) is 15.3. The number of likely N-dealkylation sites (tertiary alicyclic amines) is 1. The highest BCUT2D eigenvalue weighted by molar-refractivity contribution is 5.74. The molecule has 1 rings (SSSR count). The molecule has 1 aliphatic rings. The fraction of sp³-hybridized carbons (Fsp3) is 0.786. The molecule has 1 unspecified atom stereocenters. The molecule has 1 saturated heterocycles. The maximum absolute atomic E-state index is 12.0. The van der Waals surface area contributed by atoms with E-state index in [-0.39, 0.29) is 12.5 Å². The topological polar surface area (TPSA) is 79.6 Å². The zero-order valence-electron chi connectivity index (χ0n) is 12.5. The zero-order valence-corrected chi connectivity index (χ0v) is 12.5. The van der Waals surface area contributed by atoms with Gasteiger partial charge in [0.2, 0.25) is 0 Å². The van der Waals surface area contributed by atoms with Crippen molar-refractivity contribution in [2.75, 3.05) is 19.7 Å². The SMILES string of the molecule is CCOC(=O)[C@H]1CCN(C(=O)OC(C)(C)C)CC1C#N. The molecule has 0 spiro atoms. The first-order valence-electron chi connectivity index (χ1n) is 6.82. The van der Waals surface area contributed by atoms with E-state index in [2.05, 4.69) is 6.07 Å². The Bertz CT molecular complexity index is 408. The van der Waals surface area contributed by atoms with Gasteiger partial charge in [0.15, 0.2) is 0 Å². The predicted octanol–water partition coefficient (Wildman–Crippen LogP) is 1.95.